The van der Waals surface area contributed by atoms with Crippen LogP contribution < -0.4 is 25.1 Å². The fourth-order valence-corrected chi connectivity index (χ4v) is 5.16. The number of aromatic nitrogens is 1. The van der Waals surface area contributed by atoms with Gasteiger partial charge in [0.15, 0.2) is 10.6 Å². The SMILES string of the molecule is CC(=O)c1cccc(N2CN=c3s/c(=C4\C(=O)Nc5c(C)cc(C)cc54)c(=O)n3C2)c1. The molecule has 1 amide bonds. The molecule has 2 aromatic carbocycles. The normalized spacial score (nSPS) is 16.5. The van der Waals surface area contributed by atoms with Crippen LogP contribution in [0.2, 0.25) is 0 Å². The third-order valence-electron chi connectivity index (χ3n) is 5.61. The molecule has 0 aliphatic carbocycles. The topological polar surface area (TPSA) is 83.8 Å². The zero-order valence-corrected chi connectivity index (χ0v) is 18.2. The summed E-state index contributed by atoms with van der Waals surface area (Å²) in [6.45, 7) is 6.13. The molecule has 0 atom stereocenters. The summed E-state index contributed by atoms with van der Waals surface area (Å²) in [7, 11) is 0. The van der Waals surface area contributed by atoms with Gasteiger partial charge in [-0.15, -0.1) is 0 Å². The molecule has 8 heteroatoms. The lowest BCUT2D eigenvalue weighted by molar-refractivity contribution is -0.110. The van der Waals surface area contributed by atoms with Crippen LogP contribution in [-0.2, 0) is 11.5 Å². The molecule has 5 rings (SSSR count). The lowest BCUT2D eigenvalue weighted by atomic mass is 10.0. The van der Waals surface area contributed by atoms with Crippen molar-refractivity contribution < 1.29 is 9.59 Å². The van der Waals surface area contributed by atoms with Crippen LogP contribution in [0.3, 0.4) is 0 Å². The highest BCUT2D eigenvalue weighted by atomic mass is 32.1. The van der Waals surface area contributed by atoms with E-state index < -0.39 is 0 Å². The number of hydrogen-bond donors (Lipinski definition) is 1. The van der Waals surface area contributed by atoms with E-state index in [0.717, 1.165) is 28.1 Å². The minimum atomic E-state index is -0.258. The molecule has 156 valence electrons. The molecular formula is C23H20N4O3S. The van der Waals surface area contributed by atoms with E-state index in [1.54, 1.807) is 10.6 Å². The monoisotopic (exact) mass is 432 g/mol. The molecule has 2 aliphatic rings. The number of carbonyl (C=O) groups excluding carboxylic acids is 2. The van der Waals surface area contributed by atoms with E-state index in [4.69, 9.17) is 0 Å². The van der Waals surface area contributed by atoms with Gasteiger partial charge in [-0.05, 0) is 44.5 Å². The molecule has 0 saturated heterocycles. The number of rotatable bonds is 2. The first-order valence-corrected chi connectivity index (χ1v) is 10.7. The third-order valence-corrected chi connectivity index (χ3v) is 6.73. The Morgan fingerprint density at radius 2 is 1.97 bits per heavy atom. The summed E-state index contributed by atoms with van der Waals surface area (Å²) in [5.74, 6) is -0.273. The van der Waals surface area contributed by atoms with Crippen LogP contribution in [0.4, 0.5) is 11.4 Å². The molecule has 0 spiro atoms. The van der Waals surface area contributed by atoms with Gasteiger partial charge < -0.3 is 10.2 Å². The van der Waals surface area contributed by atoms with Gasteiger partial charge in [-0.3, -0.25) is 19.0 Å². The van der Waals surface area contributed by atoms with Gasteiger partial charge in [-0.2, -0.15) is 0 Å². The Balaban J connectivity index is 1.63. The lowest BCUT2D eigenvalue weighted by Gasteiger charge is -2.25. The Labute approximate surface area is 182 Å². The Hall–Kier alpha value is -3.52. The van der Waals surface area contributed by atoms with Gasteiger partial charge >= 0.3 is 0 Å². The summed E-state index contributed by atoms with van der Waals surface area (Å²) < 4.78 is 1.99. The number of anilines is 2. The maximum Gasteiger partial charge on any atom is 0.272 e. The van der Waals surface area contributed by atoms with E-state index in [9.17, 15) is 14.4 Å². The van der Waals surface area contributed by atoms with E-state index in [-0.39, 0.29) is 17.2 Å². The molecule has 0 bridgehead atoms. The first-order chi connectivity index (χ1) is 14.8. The molecule has 2 aliphatic heterocycles. The highest BCUT2D eigenvalue weighted by molar-refractivity contribution is 7.07. The molecule has 31 heavy (non-hydrogen) atoms. The number of fused-ring (bicyclic) bond motifs is 2. The molecular weight excluding hydrogens is 412 g/mol. The Morgan fingerprint density at radius 3 is 2.74 bits per heavy atom. The summed E-state index contributed by atoms with van der Waals surface area (Å²) in [5, 5.41) is 2.91. The molecule has 7 nitrogen and oxygen atoms in total. The summed E-state index contributed by atoms with van der Waals surface area (Å²) in [4.78, 5) is 44.9. The van der Waals surface area contributed by atoms with Gasteiger partial charge in [0.1, 0.15) is 17.9 Å². The lowest BCUT2D eigenvalue weighted by Crippen LogP contribution is -2.43. The first-order valence-electron chi connectivity index (χ1n) is 9.91. The van der Waals surface area contributed by atoms with Crippen molar-refractivity contribution in [2.45, 2.75) is 27.4 Å². The van der Waals surface area contributed by atoms with Gasteiger partial charge in [0, 0.05) is 16.8 Å². The van der Waals surface area contributed by atoms with Crippen molar-refractivity contribution in [2.24, 2.45) is 4.99 Å². The molecule has 0 fully saturated rings. The zero-order valence-electron chi connectivity index (χ0n) is 17.4. The molecule has 3 aromatic rings. The molecule has 0 radical (unpaired) electrons. The number of ketones is 1. The number of aryl methyl sites for hydroxylation is 2. The molecule has 0 saturated carbocycles. The second-order valence-corrected chi connectivity index (χ2v) is 8.85. The van der Waals surface area contributed by atoms with Gasteiger partial charge in [-0.1, -0.05) is 35.1 Å². The van der Waals surface area contributed by atoms with E-state index in [0.29, 0.717) is 33.8 Å². The molecule has 1 N–H and O–H groups in total. The number of carbonyl (C=O) groups is 2. The molecule has 1 aromatic heterocycles. The summed E-state index contributed by atoms with van der Waals surface area (Å²) in [6, 6.07) is 11.2. The summed E-state index contributed by atoms with van der Waals surface area (Å²) >= 11 is 1.25. The van der Waals surface area contributed by atoms with Gasteiger partial charge in [0.25, 0.3) is 11.5 Å². The maximum absolute atomic E-state index is 13.3. The number of amides is 1. The van der Waals surface area contributed by atoms with Crippen molar-refractivity contribution in [1.82, 2.24) is 4.57 Å². The zero-order chi connectivity index (χ0) is 21.9. The number of benzene rings is 2. The second kappa shape index (κ2) is 7.02. The van der Waals surface area contributed by atoms with Gasteiger partial charge in [-0.25, -0.2) is 4.99 Å². The minimum absolute atomic E-state index is 0.0145. The predicted molar refractivity (Wildman–Crippen MR) is 120 cm³/mol. The fourth-order valence-electron chi connectivity index (χ4n) is 4.10. The molecule has 0 unspecified atom stereocenters. The van der Waals surface area contributed by atoms with Crippen LogP contribution in [0.5, 0.6) is 0 Å². The average Bonchev–Trinajstić information content (AvgIpc) is 3.24. The predicted octanol–water partition coefficient (Wildman–Crippen LogP) is 1.94. The average molecular weight is 433 g/mol. The Kier molecular flexibility index (Phi) is 4.40. The van der Waals surface area contributed by atoms with E-state index in [1.165, 1.54) is 18.3 Å². The van der Waals surface area contributed by atoms with Crippen molar-refractivity contribution >= 4 is 40.0 Å². The molecule has 3 heterocycles. The highest BCUT2D eigenvalue weighted by Gasteiger charge is 2.29. The van der Waals surface area contributed by atoms with Gasteiger partial charge in [0.2, 0.25) is 0 Å². The van der Waals surface area contributed by atoms with Crippen LogP contribution >= 0.6 is 11.3 Å². The second-order valence-electron chi connectivity index (χ2n) is 7.87. The third kappa shape index (κ3) is 3.11. The number of thiazole rings is 1. The summed E-state index contributed by atoms with van der Waals surface area (Å²) in [5.41, 5.74) is 5.17. The van der Waals surface area contributed by atoms with Crippen LogP contribution in [0.1, 0.15) is 34.0 Å². The van der Waals surface area contributed by atoms with Crippen molar-refractivity contribution in [3.63, 3.8) is 0 Å². The van der Waals surface area contributed by atoms with Crippen LogP contribution in [0.25, 0.3) is 5.57 Å². The smallest absolute Gasteiger partial charge is 0.272 e. The maximum atomic E-state index is 13.3. The Morgan fingerprint density at radius 1 is 1.16 bits per heavy atom. The number of hydrogen-bond acceptors (Lipinski definition) is 6. The van der Waals surface area contributed by atoms with Crippen molar-refractivity contribution in [3.05, 3.63) is 78.3 Å². The van der Waals surface area contributed by atoms with Crippen LogP contribution in [-0.4, -0.2) is 22.9 Å². The quantitative estimate of drug-likeness (QED) is 0.628. The van der Waals surface area contributed by atoms with Crippen molar-refractivity contribution in [2.75, 3.05) is 16.9 Å². The van der Waals surface area contributed by atoms with Crippen LogP contribution in [0, 0.1) is 13.8 Å². The fraction of sp³-hybridized carbons (Fsp3) is 0.217. The van der Waals surface area contributed by atoms with Crippen molar-refractivity contribution in [3.8, 4) is 0 Å². The standard InChI is InChI=1S/C23H20N4O3S/c1-12-7-13(2)19-17(8-12)18(21(29)25-19)20-22(30)27-11-26(10-24-23(27)31-20)16-6-4-5-15(9-16)14(3)28/h4-9H,10-11H2,1-3H3,(H,25,29)/b20-18-. The number of nitrogens with zero attached hydrogens (tertiary/aromatic N) is 3. The minimum Gasteiger partial charge on any atom is -0.334 e. The highest BCUT2D eigenvalue weighted by Crippen LogP contribution is 2.33. The largest absolute Gasteiger partial charge is 0.334 e. The van der Waals surface area contributed by atoms with E-state index in [1.807, 2.05) is 49.1 Å². The van der Waals surface area contributed by atoms with Crippen molar-refractivity contribution in [1.29, 1.82) is 0 Å². The summed E-state index contributed by atoms with van der Waals surface area (Å²) in [6.07, 6.45) is 0. The van der Waals surface area contributed by atoms with Gasteiger partial charge in [0.05, 0.1) is 11.3 Å². The first kappa shape index (κ1) is 19.4. The number of nitrogens with one attached hydrogen (secondary N) is 1. The van der Waals surface area contributed by atoms with Crippen LogP contribution in [0.15, 0.2) is 46.2 Å². The van der Waals surface area contributed by atoms with E-state index in [2.05, 4.69) is 10.3 Å². The van der Waals surface area contributed by atoms with E-state index >= 15 is 0 Å². The number of Topliss-reactive ketones (excluding diaryl/α,β-unsaturated/α-hetero) is 1. The Bertz CT molecular complexity index is 1460.